The maximum Gasteiger partial charge on any atom is 0.573 e. The molecule has 0 saturated carbocycles. The van der Waals surface area contributed by atoms with E-state index in [2.05, 4.69) is 20.3 Å². The number of rotatable bonds is 8. The van der Waals surface area contributed by atoms with Gasteiger partial charge >= 0.3 is 12.5 Å². The van der Waals surface area contributed by atoms with E-state index < -0.39 is 39.7 Å². The van der Waals surface area contributed by atoms with Crippen LogP contribution in [0.1, 0.15) is 50.5 Å². The van der Waals surface area contributed by atoms with E-state index in [-0.39, 0.29) is 16.8 Å². The number of hydrogen-bond acceptors (Lipinski definition) is 7. The van der Waals surface area contributed by atoms with Gasteiger partial charge in [-0.15, -0.1) is 13.2 Å². The molecule has 256 valence electrons. The smallest absolute Gasteiger partial charge is 0.444 e. The van der Waals surface area contributed by atoms with Crippen LogP contribution in [-0.4, -0.2) is 74.0 Å². The van der Waals surface area contributed by atoms with E-state index in [1.165, 1.54) is 47.0 Å². The second-order valence-electron chi connectivity index (χ2n) is 11.6. The zero-order valence-corrected chi connectivity index (χ0v) is 28.1. The SMILES string of the molecule is CC.CC(C)(C)OC(=O)Nc1ccc(OC(F)(F)F)c(-c2ccc(C(=O)Nc3ccc(CN4CCN(S(C)(=O)=O)CC4)cc3)cc2)c1. The molecule has 0 spiro atoms. The number of carbonyl (C=O) groups excluding carboxylic acids is 2. The average molecular weight is 679 g/mol. The van der Waals surface area contributed by atoms with Gasteiger partial charge in [0.2, 0.25) is 10.0 Å². The van der Waals surface area contributed by atoms with Crippen LogP contribution in [-0.2, 0) is 21.3 Å². The molecule has 47 heavy (non-hydrogen) atoms. The Labute approximate surface area is 273 Å². The fourth-order valence-electron chi connectivity index (χ4n) is 4.64. The van der Waals surface area contributed by atoms with Crippen LogP contribution in [0.25, 0.3) is 11.1 Å². The van der Waals surface area contributed by atoms with E-state index in [1.807, 2.05) is 26.0 Å². The molecular weight excluding hydrogens is 637 g/mol. The number of halogens is 3. The number of anilines is 2. The molecule has 3 aromatic rings. The van der Waals surface area contributed by atoms with Gasteiger partial charge in [0, 0.05) is 55.2 Å². The highest BCUT2D eigenvalue weighted by molar-refractivity contribution is 7.88. The lowest BCUT2D eigenvalue weighted by molar-refractivity contribution is -0.274. The summed E-state index contributed by atoms with van der Waals surface area (Å²) in [7, 11) is -3.20. The van der Waals surface area contributed by atoms with Gasteiger partial charge in [-0.2, -0.15) is 4.31 Å². The molecule has 3 aromatic carbocycles. The van der Waals surface area contributed by atoms with Crippen LogP contribution in [0, 0.1) is 0 Å². The maximum atomic E-state index is 13.1. The summed E-state index contributed by atoms with van der Waals surface area (Å²) in [6, 6.07) is 16.9. The van der Waals surface area contributed by atoms with E-state index in [0.717, 1.165) is 11.6 Å². The zero-order valence-electron chi connectivity index (χ0n) is 27.3. The molecule has 1 aliphatic heterocycles. The van der Waals surface area contributed by atoms with Crippen molar-refractivity contribution in [1.29, 1.82) is 0 Å². The first-order valence-electron chi connectivity index (χ1n) is 15.0. The fraction of sp³-hybridized carbons (Fsp3) is 0.394. The summed E-state index contributed by atoms with van der Waals surface area (Å²) in [6.45, 7) is 11.8. The molecule has 0 atom stereocenters. The Morgan fingerprint density at radius 1 is 0.830 bits per heavy atom. The Balaban J connectivity index is 0.00000294. The molecule has 1 saturated heterocycles. The first-order valence-corrected chi connectivity index (χ1v) is 16.9. The predicted molar refractivity (Wildman–Crippen MR) is 176 cm³/mol. The molecule has 0 aliphatic carbocycles. The molecule has 10 nitrogen and oxygen atoms in total. The maximum absolute atomic E-state index is 13.1. The Kier molecular flexibility index (Phi) is 12.4. The summed E-state index contributed by atoms with van der Waals surface area (Å²) < 4.78 is 73.7. The third-order valence-electron chi connectivity index (χ3n) is 6.73. The lowest BCUT2D eigenvalue weighted by atomic mass is 10.0. The minimum atomic E-state index is -4.95. The van der Waals surface area contributed by atoms with Gasteiger partial charge in [0.15, 0.2) is 0 Å². The Morgan fingerprint density at radius 2 is 1.40 bits per heavy atom. The lowest BCUT2D eigenvalue weighted by Crippen LogP contribution is -2.47. The molecular formula is C33H41F3N4O6S. The highest BCUT2D eigenvalue weighted by Gasteiger charge is 2.32. The van der Waals surface area contributed by atoms with Gasteiger partial charge in [-0.25, -0.2) is 13.2 Å². The largest absolute Gasteiger partial charge is 0.573 e. The normalized spacial score (nSPS) is 14.4. The monoisotopic (exact) mass is 678 g/mol. The van der Waals surface area contributed by atoms with Gasteiger partial charge in [0.05, 0.1) is 6.26 Å². The first kappa shape index (κ1) is 37.3. The molecule has 0 bridgehead atoms. The van der Waals surface area contributed by atoms with Crippen LogP contribution >= 0.6 is 0 Å². The number of carbonyl (C=O) groups is 2. The van der Waals surface area contributed by atoms with E-state index in [4.69, 9.17) is 4.74 Å². The van der Waals surface area contributed by atoms with Crippen molar-refractivity contribution in [2.24, 2.45) is 0 Å². The van der Waals surface area contributed by atoms with Gasteiger partial charge in [-0.3, -0.25) is 15.0 Å². The standard InChI is InChI=1S/C31H35F3N4O6S.C2H6/c1-30(2,3)44-29(40)36-25-13-14-27(43-31(32,33)34)26(19-25)22-7-9-23(10-8-22)28(39)35-24-11-5-21(6-12-24)20-37-15-17-38(18-16-37)45(4,41)42;1-2/h5-14,19H,15-18,20H2,1-4H3,(H,35,39)(H,36,40);1-2H3. The van der Waals surface area contributed by atoms with Crippen molar-refractivity contribution in [3.05, 3.63) is 77.9 Å². The number of nitrogens with zero attached hydrogens (tertiary/aromatic N) is 2. The van der Waals surface area contributed by atoms with Crippen LogP contribution in [0.15, 0.2) is 66.7 Å². The highest BCUT2D eigenvalue weighted by Crippen LogP contribution is 2.36. The number of amides is 2. The first-order chi connectivity index (χ1) is 21.9. The van der Waals surface area contributed by atoms with Crippen LogP contribution in [0.2, 0.25) is 0 Å². The summed E-state index contributed by atoms with van der Waals surface area (Å²) in [5.41, 5.74) is 1.61. The molecule has 0 radical (unpaired) electrons. The van der Waals surface area contributed by atoms with E-state index in [9.17, 15) is 31.2 Å². The Bertz CT molecular complexity index is 1620. The van der Waals surface area contributed by atoms with Gasteiger partial charge in [-0.05, 0) is 74.4 Å². The molecule has 2 amide bonds. The van der Waals surface area contributed by atoms with Gasteiger partial charge < -0.3 is 14.8 Å². The number of hydrogen-bond donors (Lipinski definition) is 2. The quantitative estimate of drug-likeness (QED) is 0.265. The molecule has 2 N–H and O–H groups in total. The number of alkyl halides is 3. The summed E-state index contributed by atoms with van der Waals surface area (Å²) in [5.74, 6) is -0.898. The molecule has 14 heteroatoms. The van der Waals surface area contributed by atoms with Crippen LogP contribution in [0.5, 0.6) is 5.75 Å². The second kappa shape index (κ2) is 15.6. The van der Waals surface area contributed by atoms with Crippen molar-refractivity contribution in [3.63, 3.8) is 0 Å². The minimum Gasteiger partial charge on any atom is -0.444 e. The lowest BCUT2D eigenvalue weighted by Gasteiger charge is -2.33. The van der Waals surface area contributed by atoms with Crippen molar-refractivity contribution in [1.82, 2.24) is 9.21 Å². The van der Waals surface area contributed by atoms with Crippen molar-refractivity contribution >= 4 is 33.4 Å². The highest BCUT2D eigenvalue weighted by atomic mass is 32.2. The Morgan fingerprint density at radius 3 is 1.94 bits per heavy atom. The number of benzene rings is 3. The van der Waals surface area contributed by atoms with Gasteiger partial charge in [0.25, 0.3) is 5.91 Å². The van der Waals surface area contributed by atoms with Crippen molar-refractivity contribution in [2.75, 3.05) is 43.1 Å². The van der Waals surface area contributed by atoms with E-state index in [1.54, 1.807) is 32.9 Å². The molecule has 1 aliphatic rings. The van der Waals surface area contributed by atoms with E-state index in [0.29, 0.717) is 44.0 Å². The average Bonchev–Trinajstić information content (AvgIpc) is 2.98. The molecule has 1 heterocycles. The number of sulfonamides is 1. The second-order valence-corrected chi connectivity index (χ2v) is 13.5. The number of piperazine rings is 1. The summed E-state index contributed by atoms with van der Waals surface area (Å²) in [6.07, 6.45) is -4.51. The van der Waals surface area contributed by atoms with Crippen molar-refractivity contribution in [3.8, 4) is 16.9 Å². The number of nitrogens with one attached hydrogen (secondary N) is 2. The zero-order chi connectivity index (χ0) is 35.0. The van der Waals surface area contributed by atoms with Crippen LogP contribution in [0.4, 0.5) is 29.3 Å². The number of ether oxygens (including phenoxy) is 2. The molecule has 4 rings (SSSR count). The topological polar surface area (TPSA) is 117 Å². The van der Waals surface area contributed by atoms with Crippen LogP contribution < -0.4 is 15.4 Å². The minimum absolute atomic E-state index is 0.0427. The van der Waals surface area contributed by atoms with Gasteiger partial charge in [-0.1, -0.05) is 38.1 Å². The summed E-state index contributed by atoms with van der Waals surface area (Å²) >= 11 is 0. The summed E-state index contributed by atoms with van der Waals surface area (Å²) in [5, 5.41) is 5.30. The third-order valence-corrected chi connectivity index (χ3v) is 8.03. The molecule has 0 unspecified atom stereocenters. The third kappa shape index (κ3) is 11.9. The van der Waals surface area contributed by atoms with Crippen molar-refractivity contribution < 1.29 is 40.7 Å². The van der Waals surface area contributed by atoms with Crippen LogP contribution in [0.3, 0.4) is 0 Å². The predicted octanol–water partition coefficient (Wildman–Crippen LogP) is 6.95. The summed E-state index contributed by atoms with van der Waals surface area (Å²) in [4.78, 5) is 27.3. The van der Waals surface area contributed by atoms with Crippen molar-refractivity contribution in [2.45, 2.75) is 53.1 Å². The molecule has 0 aromatic heterocycles. The van der Waals surface area contributed by atoms with Gasteiger partial charge in [0.1, 0.15) is 11.4 Å². The fourth-order valence-corrected chi connectivity index (χ4v) is 5.47. The molecule has 1 fully saturated rings. The van der Waals surface area contributed by atoms with E-state index >= 15 is 0 Å². The Hall–Kier alpha value is -4.14.